The van der Waals surface area contributed by atoms with E-state index in [0.717, 1.165) is 11.1 Å². The average Bonchev–Trinajstić information content (AvgIpc) is 3.25. The minimum atomic E-state index is -0.784. The molecule has 5 rings (SSSR count). The predicted octanol–water partition coefficient (Wildman–Crippen LogP) is 3.74. The maximum atomic E-state index is 13.8. The van der Waals surface area contributed by atoms with Crippen LogP contribution in [0, 0.1) is 17.3 Å². The standard InChI is InChI=1S/C27H26N2O5/c1-15(30)34-18-11-9-17(10-12-18)29-25(32)20-21(26(29)33)23(24(31)27(2,3)4)28-14-13-16-7-5-6-8-19(16)22(20)28/h5-14,20-23H,1-4H3. The molecule has 0 aromatic heterocycles. The molecule has 0 aliphatic carbocycles. The third-order valence-electron chi connectivity index (χ3n) is 6.83. The van der Waals surface area contributed by atoms with Crippen molar-refractivity contribution in [2.75, 3.05) is 4.90 Å². The number of carbonyl (C=O) groups is 4. The number of carbonyl (C=O) groups excluding carboxylic acids is 4. The van der Waals surface area contributed by atoms with Crippen molar-refractivity contribution < 1.29 is 23.9 Å². The number of esters is 1. The van der Waals surface area contributed by atoms with E-state index in [0.29, 0.717) is 11.4 Å². The highest BCUT2D eigenvalue weighted by Gasteiger charge is 2.65. The van der Waals surface area contributed by atoms with Gasteiger partial charge >= 0.3 is 5.97 Å². The van der Waals surface area contributed by atoms with Crippen LogP contribution in [0.2, 0.25) is 0 Å². The molecule has 0 spiro atoms. The highest BCUT2D eigenvalue weighted by Crippen LogP contribution is 2.54. The number of ether oxygens (including phenoxy) is 1. The molecular weight excluding hydrogens is 432 g/mol. The van der Waals surface area contributed by atoms with E-state index in [9.17, 15) is 19.2 Å². The summed E-state index contributed by atoms with van der Waals surface area (Å²) < 4.78 is 5.07. The van der Waals surface area contributed by atoms with E-state index in [1.54, 1.807) is 24.3 Å². The lowest BCUT2D eigenvalue weighted by Gasteiger charge is -2.37. The molecule has 174 valence electrons. The first-order valence-electron chi connectivity index (χ1n) is 11.3. The molecular formula is C27H26N2O5. The summed E-state index contributed by atoms with van der Waals surface area (Å²) in [6, 6.07) is 12.9. The smallest absolute Gasteiger partial charge is 0.308 e. The van der Waals surface area contributed by atoms with Gasteiger partial charge in [-0.15, -0.1) is 0 Å². The maximum absolute atomic E-state index is 13.8. The Morgan fingerprint density at radius 1 is 0.912 bits per heavy atom. The molecule has 0 N–H and O–H groups in total. The normalized spacial score (nSPS) is 25.2. The maximum Gasteiger partial charge on any atom is 0.308 e. The second kappa shape index (κ2) is 7.65. The number of benzene rings is 2. The Hall–Kier alpha value is -3.74. The fourth-order valence-electron chi connectivity index (χ4n) is 5.38. The van der Waals surface area contributed by atoms with Crippen LogP contribution in [0.25, 0.3) is 6.08 Å². The highest BCUT2D eigenvalue weighted by molar-refractivity contribution is 6.24. The van der Waals surface area contributed by atoms with E-state index in [1.807, 2.05) is 62.2 Å². The van der Waals surface area contributed by atoms with Crippen LogP contribution in [0.15, 0.2) is 54.7 Å². The van der Waals surface area contributed by atoms with Crippen molar-refractivity contribution in [1.29, 1.82) is 0 Å². The monoisotopic (exact) mass is 458 g/mol. The quantitative estimate of drug-likeness (QED) is 0.396. The largest absolute Gasteiger partial charge is 0.427 e. The van der Waals surface area contributed by atoms with Crippen LogP contribution in [-0.4, -0.2) is 34.5 Å². The van der Waals surface area contributed by atoms with Crippen LogP contribution in [0.1, 0.15) is 44.9 Å². The highest BCUT2D eigenvalue weighted by atomic mass is 16.5. The molecule has 2 aromatic rings. The van der Waals surface area contributed by atoms with Gasteiger partial charge in [0.05, 0.1) is 23.6 Å². The topological polar surface area (TPSA) is 84.0 Å². The van der Waals surface area contributed by atoms with Gasteiger partial charge in [0.25, 0.3) is 0 Å². The van der Waals surface area contributed by atoms with Crippen LogP contribution < -0.4 is 9.64 Å². The summed E-state index contributed by atoms with van der Waals surface area (Å²) >= 11 is 0. The van der Waals surface area contributed by atoms with Gasteiger partial charge in [-0.1, -0.05) is 45.0 Å². The molecule has 3 aliphatic rings. The van der Waals surface area contributed by atoms with Gasteiger partial charge in [0.2, 0.25) is 11.8 Å². The Labute approximate surface area is 198 Å². The Bertz CT molecular complexity index is 1240. The number of Topliss-reactive ketones (excluding diaryl/α,β-unsaturated/α-hetero) is 1. The van der Waals surface area contributed by atoms with Crippen LogP contribution in [0.4, 0.5) is 5.69 Å². The number of hydrogen-bond acceptors (Lipinski definition) is 6. The number of rotatable bonds is 3. The zero-order valence-electron chi connectivity index (χ0n) is 19.5. The zero-order valence-corrected chi connectivity index (χ0v) is 19.5. The lowest BCUT2D eigenvalue weighted by molar-refractivity contribution is -0.135. The molecule has 2 saturated heterocycles. The second-order valence-electron chi connectivity index (χ2n) is 10.0. The van der Waals surface area contributed by atoms with E-state index < -0.39 is 35.3 Å². The van der Waals surface area contributed by atoms with Gasteiger partial charge in [0.15, 0.2) is 5.78 Å². The minimum absolute atomic E-state index is 0.0674. The molecule has 4 unspecified atom stereocenters. The first kappa shape index (κ1) is 22.1. The molecule has 2 fully saturated rings. The third kappa shape index (κ3) is 3.26. The summed E-state index contributed by atoms with van der Waals surface area (Å²) in [6.07, 6.45) is 3.80. The molecule has 3 heterocycles. The van der Waals surface area contributed by atoms with Crippen LogP contribution in [0.5, 0.6) is 5.75 Å². The first-order valence-corrected chi connectivity index (χ1v) is 11.3. The second-order valence-corrected chi connectivity index (χ2v) is 10.0. The SMILES string of the molecule is CC(=O)Oc1ccc(N2C(=O)C3C(C2=O)C2c4ccccc4C=CN2C3C(=O)C(C)(C)C)cc1. The van der Waals surface area contributed by atoms with Crippen LogP contribution >= 0.6 is 0 Å². The summed E-state index contributed by atoms with van der Waals surface area (Å²) in [7, 11) is 0. The van der Waals surface area contributed by atoms with Gasteiger partial charge in [0, 0.05) is 18.5 Å². The van der Waals surface area contributed by atoms with Crippen LogP contribution in [-0.2, 0) is 19.2 Å². The van der Waals surface area contributed by atoms with E-state index in [-0.39, 0.29) is 17.6 Å². The van der Waals surface area contributed by atoms with Crippen molar-refractivity contribution >= 4 is 35.3 Å². The molecule has 0 bridgehead atoms. The van der Waals surface area contributed by atoms with E-state index >= 15 is 0 Å². The zero-order chi connectivity index (χ0) is 24.4. The molecule has 0 saturated carbocycles. The van der Waals surface area contributed by atoms with Crippen molar-refractivity contribution in [3.8, 4) is 5.75 Å². The van der Waals surface area contributed by atoms with E-state index in [2.05, 4.69) is 0 Å². The number of imide groups is 1. The lowest BCUT2D eigenvalue weighted by Crippen LogP contribution is -2.47. The summed E-state index contributed by atoms with van der Waals surface area (Å²) in [4.78, 5) is 55.5. The van der Waals surface area contributed by atoms with Gasteiger partial charge in [-0.2, -0.15) is 0 Å². The van der Waals surface area contributed by atoms with Gasteiger partial charge in [-0.3, -0.25) is 19.2 Å². The fraction of sp³-hybridized carbons (Fsp3) is 0.333. The molecule has 3 aliphatic heterocycles. The first-order chi connectivity index (χ1) is 16.1. The lowest BCUT2D eigenvalue weighted by atomic mass is 9.79. The Morgan fingerprint density at radius 2 is 1.56 bits per heavy atom. The minimum Gasteiger partial charge on any atom is -0.427 e. The molecule has 7 nitrogen and oxygen atoms in total. The average molecular weight is 459 g/mol. The predicted molar refractivity (Wildman–Crippen MR) is 126 cm³/mol. The number of anilines is 1. The Kier molecular flexibility index (Phi) is 4.97. The molecule has 2 aromatic carbocycles. The van der Waals surface area contributed by atoms with E-state index in [1.165, 1.54) is 11.8 Å². The van der Waals surface area contributed by atoms with Gasteiger partial charge in [0.1, 0.15) is 11.8 Å². The Morgan fingerprint density at radius 3 is 2.21 bits per heavy atom. The van der Waals surface area contributed by atoms with E-state index in [4.69, 9.17) is 4.74 Å². The van der Waals surface area contributed by atoms with Gasteiger partial charge in [-0.25, -0.2) is 4.90 Å². The van der Waals surface area contributed by atoms with Crippen molar-refractivity contribution in [3.05, 3.63) is 65.9 Å². The summed E-state index contributed by atoms with van der Waals surface area (Å²) in [5, 5.41) is 0. The molecule has 34 heavy (non-hydrogen) atoms. The Balaban J connectivity index is 1.59. The van der Waals surface area contributed by atoms with Crippen LogP contribution in [0.3, 0.4) is 0 Å². The van der Waals surface area contributed by atoms with Gasteiger partial charge < -0.3 is 9.64 Å². The number of fused-ring (bicyclic) bond motifs is 5. The van der Waals surface area contributed by atoms with Crippen molar-refractivity contribution in [1.82, 2.24) is 4.90 Å². The van der Waals surface area contributed by atoms with Gasteiger partial charge in [-0.05, 0) is 41.5 Å². The van der Waals surface area contributed by atoms with Crippen molar-refractivity contribution in [3.63, 3.8) is 0 Å². The number of hydrogen-bond donors (Lipinski definition) is 0. The summed E-state index contributed by atoms with van der Waals surface area (Å²) in [5.41, 5.74) is 1.64. The number of amides is 2. The van der Waals surface area contributed by atoms with Crippen molar-refractivity contribution in [2.24, 2.45) is 17.3 Å². The summed E-state index contributed by atoms with van der Waals surface area (Å²) in [6.45, 7) is 6.82. The summed E-state index contributed by atoms with van der Waals surface area (Å²) in [5.74, 6) is -2.35. The molecule has 0 radical (unpaired) electrons. The van der Waals surface area contributed by atoms with Crippen molar-refractivity contribution in [2.45, 2.75) is 39.8 Å². The third-order valence-corrected chi connectivity index (χ3v) is 6.83. The number of ketones is 1. The molecule has 2 amide bonds. The fourth-order valence-corrected chi connectivity index (χ4v) is 5.38. The number of nitrogens with zero attached hydrogens (tertiary/aromatic N) is 2. The molecule has 4 atom stereocenters. The molecule has 7 heteroatoms.